The molecule has 0 unspecified atom stereocenters. The number of aromatic nitrogens is 8. The van der Waals surface area contributed by atoms with Crippen LogP contribution in [-0.2, 0) is 27.7 Å². The highest BCUT2D eigenvalue weighted by Gasteiger charge is 2.23. The van der Waals surface area contributed by atoms with E-state index in [-0.39, 0.29) is 12.5 Å². The predicted molar refractivity (Wildman–Crippen MR) is 319 cm³/mol. The van der Waals surface area contributed by atoms with Crippen molar-refractivity contribution in [3.05, 3.63) is 132 Å². The van der Waals surface area contributed by atoms with Gasteiger partial charge in [0, 0.05) is 54.8 Å². The molecule has 0 radical (unpaired) electrons. The fourth-order valence-corrected chi connectivity index (χ4v) is 11.3. The quantitative estimate of drug-likeness (QED) is 0.0385. The Bertz CT molecular complexity index is 3580. The fraction of sp³-hybridized carbons (Fsp3) is 0.333. The number of nitrogens with one attached hydrogen (secondary N) is 2. The van der Waals surface area contributed by atoms with E-state index in [0.717, 1.165) is 144 Å². The van der Waals surface area contributed by atoms with Crippen LogP contribution in [0.3, 0.4) is 0 Å². The van der Waals surface area contributed by atoms with Gasteiger partial charge in [0.25, 0.3) is 0 Å². The van der Waals surface area contributed by atoms with Crippen LogP contribution in [0.1, 0.15) is 11.1 Å². The molecule has 6 aromatic carbocycles. The number of aromatic amines is 2. The Morgan fingerprint density at radius 3 is 1.86 bits per heavy atom. The van der Waals surface area contributed by atoms with Gasteiger partial charge in [-0.05, 0) is 138 Å². The molecule has 0 amide bonds. The van der Waals surface area contributed by atoms with Gasteiger partial charge in [-0.15, -0.1) is 0 Å². The van der Waals surface area contributed by atoms with E-state index < -0.39 is 24.2 Å². The van der Waals surface area contributed by atoms with Crippen molar-refractivity contribution in [3.63, 3.8) is 0 Å². The maximum atomic E-state index is 9.62. The first-order chi connectivity index (χ1) is 36.3. The molecule has 10 aromatic rings. The molecule has 396 valence electrons. The summed E-state index contributed by atoms with van der Waals surface area (Å²) in [4.78, 5) is 13.1. The van der Waals surface area contributed by atoms with Crippen LogP contribution < -0.4 is 4.74 Å². The van der Waals surface area contributed by atoms with Gasteiger partial charge in [0.05, 0.1) is 33.1 Å². The zero-order chi connectivity index (χ0) is 53.8. The summed E-state index contributed by atoms with van der Waals surface area (Å²) in [7, 11) is -3.57. The Morgan fingerprint density at radius 1 is 0.553 bits per heavy atom. The zero-order valence-corrected chi connectivity index (χ0v) is 49.2. The highest BCUT2D eigenvalue weighted by atomic mass is 28.3. The summed E-state index contributed by atoms with van der Waals surface area (Å²) in [6.07, 6.45) is 0. The molecule has 13 nitrogen and oxygen atoms in total. The minimum Gasteiger partial charge on any atom is -0.508 e. The van der Waals surface area contributed by atoms with Crippen LogP contribution >= 0.6 is 0 Å². The molecule has 0 atom stereocenters. The van der Waals surface area contributed by atoms with Crippen LogP contribution in [-0.4, -0.2) is 95.4 Å². The van der Waals surface area contributed by atoms with Gasteiger partial charge in [0.2, 0.25) is 0 Å². The molecular weight excluding hydrogens is 997 g/mol. The summed E-state index contributed by atoms with van der Waals surface area (Å²) >= 11 is 0. The number of rotatable bonds is 20. The lowest BCUT2D eigenvalue weighted by molar-refractivity contribution is 0.0220. The molecule has 3 N–H and O–H groups in total. The van der Waals surface area contributed by atoms with Gasteiger partial charge in [-0.2, -0.15) is 10.2 Å². The molecule has 0 bridgehead atoms. The van der Waals surface area contributed by atoms with Gasteiger partial charge >= 0.3 is 0 Å². The highest BCUT2D eigenvalue weighted by molar-refractivity contribution is 6.76. The molecule has 0 aliphatic carbocycles. The van der Waals surface area contributed by atoms with Crippen molar-refractivity contribution in [1.29, 1.82) is 0 Å². The second-order valence-electron chi connectivity index (χ2n) is 23.5. The zero-order valence-electron chi connectivity index (χ0n) is 46.2. The molecule has 4 aromatic heterocycles. The van der Waals surface area contributed by atoms with Gasteiger partial charge in [0.1, 0.15) is 36.3 Å². The average molecular weight is 1070 g/mol. The number of H-pyrrole nitrogens is 2. The van der Waals surface area contributed by atoms with E-state index in [1.807, 2.05) is 54.1 Å². The summed E-state index contributed by atoms with van der Waals surface area (Å²) in [5, 5.41) is 24.5. The van der Waals surface area contributed by atoms with E-state index in [1.54, 1.807) is 12.1 Å². The molecule has 0 aliphatic rings. The normalized spacial score (nSPS) is 12.3. The van der Waals surface area contributed by atoms with E-state index in [9.17, 15) is 5.11 Å². The molecule has 16 heteroatoms. The third kappa shape index (κ3) is 13.3. The first-order valence-corrected chi connectivity index (χ1v) is 37.6. The number of hydrogen-bond acceptors (Lipinski definition) is 9. The molecule has 0 saturated heterocycles. The number of phenolic OH excluding ortho intramolecular Hbond substituents is 1. The van der Waals surface area contributed by atoms with E-state index >= 15 is 0 Å². The molecule has 0 fully saturated rings. The van der Waals surface area contributed by atoms with E-state index in [1.165, 1.54) is 0 Å². The van der Waals surface area contributed by atoms with Gasteiger partial charge in [-0.3, -0.25) is 9.67 Å². The standard InChI is InChI=1S/C39H58N4O4Si3.C21H16N4O/c1-30-25-32(47-29-46-21-24-50(8,9)10)16-18-33(30)31-15-17-34-37(26-31)43(28-45-20-23-49(5,6)7)41-38(34)39-40-35-13-11-12-14-36(35)42(39)27-44-19-22-48(2,3)4;1-12-10-14(26)7-9-15(12)13-6-8-16-19(11-13)24-25-20(16)21-22-17-4-2-3-5-18(17)23-21/h11-18,25-26H,19-24,27-29H2,1-10H3;2-11,26H,1H3,(H,22,23)(H,24,25). The number of fused-ring (bicyclic) bond motifs is 4. The average Bonchev–Trinajstić information content (AvgIpc) is 4.16. The molecule has 76 heavy (non-hydrogen) atoms. The topological polar surface area (TPSA) is 150 Å². The van der Waals surface area contributed by atoms with Crippen molar-refractivity contribution in [3.8, 4) is 56.8 Å². The van der Waals surface area contributed by atoms with Crippen molar-refractivity contribution in [2.75, 3.05) is 26.6 Å². The smallest absolute Gasteiger partial charge is 0.189 e. The summed E-state index contributed by atoms with van der Waals surface area (Å²) < 4.78 is 28.5. The second kappa shape index (κ2) is 22.9. The number of aryl methyl sites for hydroxylation is 2. The third-order valence-electron chi connectivity index (χ3n) is 13.6. The van der Waals surface area contributed by atoms with E-state index in [0.29, 0.717) is 13.5 Å². The summed E-state index contributed by atoms with van der Waals surface area (Å²) in [5.41, 5.74) is 14.1. The van der Waals surface area contributed by atoms with Crippen molar-refractivity contribution < 1.29 is 24.1 Å². The lowest BCUT2D eigenvalue weighted by Crippen LogP contribution is -2.22. The van der Waals surface area contributed by atoms with Crippen molar-refractivity contribution >= 4 is 68.1 Å². The summed E-state index contributed by atoms with van der Waals surface area (Å²) in [5.74, 6) is 2.66. The molecule has 0 saturated carbocycles. The number of imidazole rings is 2. The maximum Gasteiger partial charge on any atom is 0.189 e. The Kier molecular flexibility index (Phi) is 16.3. The number of hydrogen-bond donors (Lipinski definition) is 3. The van der Waals surface area contributed by atoms with Crippen molar-refractivity contribution in [2.45, 2.75) is 104 Å². The largest absolute Gasteiger partial charge is 0.508 e. The number of para-hydroxylation sites is 4. The molecule has 0 spiro atoms. The van der Waals surface area contributed by atoms with Crippen LogP contribution in [0.2, 0.25) is 77.1 Å². The molecular formula is C60H74N8O5Si3. The minimum absolute atomic E-state index is 0.267. The lowest BCUT2D eigenvalue weighted by atomic mass is 9.99. The monoisotopic (exact) mass is 1070 g/mol. The van der Waals surface area contributed by atoms with Gasteiger partial charge < -0.3 is 29.0 Å². The Morgan fingerprint density at radius 2 is 1.17 bits per heavy atom. The number of phenols is 1. The lowest BCUT2D eigenvalue weighted by Gasteiger charge is -2.16. The van der Waals surface area contributed by atoms with Crippen LogP contribution in [0.15, 0.2) is 121 Å². The SMILES string of the molecule is Cc1cc(O)ccc1-c1ccc2c(-c3nc4ccccc4[nH]3)n[nH]c2c1.Cc1cc(OCOCC[Si](C)(C)C)ccc1-c1ccc2c(-c3nc4ccccc4n3COCC[Si](C)(C)C)nn(COCC[Si](C)(C)C)c2c1. The number of nitrogens with zero attached hydrogens (tertiary/aromatic N) is 6. The first kappa shape index (κ1) is 54.1. The highest BCUT2D eigenvalue weighted by Crippen LogP contribution is 2.36. The van der Waals surface area contributed by atoms with Crippen LogP contribution in [0.5, 0.6) is 11.5 Å². The van der Waals surface area contributed by atoms with Crippen LogP contribution in [0.25, 0.3) is 89.2 Å². The summed E-state index contributed by atoms with van der Waals surface area (Å²) in [6, 6.07) is 44.0. The minimum atomic E-state index is -1.23. The Balaban J connectivity index is 0.000000225. The number of ether oxygens (including phenoxy) is 4. The van der Waals surface area contributed by atoms with E-state index in [4.69, 9.17) is 29.0 Å². The number of benzene rings is 6. The van der Waals surface area contributed by atoms with Gasteiger partial charge in [-0.25, -0.2) is 14.6 Å². The van der Waals surface area contributed by atoms with Crippen LogP contribution in [0.4, 0.5) is 0 Å². The molecule has 4 heterocycles. The Labute approximate surface area is 449 Å². The second-order valence-corrected chi connectivity index (χ2v) is 40.4. The number of aromatic hydroxyl groups is 1. The Hall–Kier alpha value is -6.67. The summed E-state index contributed by atoms with van der Waals surface area (Å²) in [6.45, 7) is 28.7. The third-order valence-corrected chi connectivity index (χ3v) is 18.7. The van der Waals surface area contributed by atoms with Crippen molar-refractivity contribution in [2.24, 2.45) is 0 Å². The van der Waals surface area contributed by atoms with E-state index in [2.05, 4.69) is 157 Å². The maximum absolute atomic E-state index is 9.62. The predicted octanol–water partition coefficient (Wildman–Crippen LogP) is 15.1. The van der Waals surface area contributed by atoms with Gasteiger partial charge in [-0.1, -0.05) is 107 Å². The van der Waals surface area contributed by atoms with Crippen LogP contribution in [0, 0.1) is 13.8 Å². The van der Waals surface area contributed by atoms with Crippen molar-refractivity contribution in [1.82, 2.24) is 39.5 Å². The molecule has 0 aliphatic heterocycles. The first-order valence-electron chi connectivity index (χ1n) is 26.4. The molecule has 10 rings (SSSR count). The van der Waals surface area contributed by atoms with Gasteiger partial charge in [0.15, 0.2) is 18.4 Å². The fourth-order valence-electron chi connectivity index (χ4n) is 9.06.